The number of aliphatic hydroxyl groups is 2. The predicted molar refractivity (Wildman–Crippen MR) is 244 cm³/mol. The predicted octanol–water partition coefficient (Wildman–Crippen LogP) is -0.890. The topological polar surface area (TPSA) is 288 Å². The minimum Gasteiger partial charge on any atom is -0.393 e. The van der Waals surface area contributed by atoms with Crippen LogP contribution in [0.25, 0.3) is 21.8 Å². The number of carbonyl (C=O) groups excluding carboxylic acids is 3. The molecule has 1 unspecified atom stereocenters. The number of halogens is 11. The summed E-state index contributed by atoms with van der Waals surface area (Å²) in [6.45, 7) is -0.818. The number of fused-ring (bicyclic) bond motifs is 2. The van der Waals surface area contributed by atoms with Crippen molar-refractivity contribution in [1.29, 1.82) is 0 Å². The van der Waals surface area contributed by atoms with E-state index >= 15 is 0 Å². The first-order chi connectivity index (χ1) is 35.8. The zero-order chi connectivity index (χ0) is 57.2. The summed E-state index contributed by atoms with van der Waals surface area (Å²) in [5.74, 6) is -3.06. The molecule has 0 aliphatic carbocycles. The first kappa shape index (κ1) is 63.5. The van der Waals surface area contributed by atoms with Gasteiger partial charge in [0.15, 0.2) is 17.9 Å². The fraction of sp³-hybridized carbons (Fsp3) is 0.128. The molecule has 0 aliphatic rings. The summed E-state index contributed by atoms with van der Waals surface area (Å²) in [6.07, 6.45) is -11.7. The summed E-state index contributed by atoms with van der Waals surface area (Å²) in [5.41, 5.74) is -3.47. The molecule has 0 spiro atoms. The molecule has 0 saturated carbocycles. The number of hydrogen-bond donors (Lipinski definition) is 2. The summed E-state index contributed by atoms with van der Waals surface area (Å²) in [6, 6.07) is 21.5. The molecule has 406 valence electrons. The zero-order valence-corrected chi connectivity index (χ0v) is 46.3. The maximum atomic E-state index is 14.2. The Morgan fingerprint density at radius 2 is 1.01 bits per heavy atom. The molecule has 17 nitrogen and oxygen atoms in total. The van der Waals surface area contributed by atoms with Gasteiger partial charge in [0.2, 0.25) is 0 Å². The molecule has 78 heavy (non-hydrogen) atoms. The summed E-state index contributed by atoms with van der Waals surface area (Å²) in [7, 11) is -9.40. The van der Waals surface area contributed by atoms with E-state index in [1.54, 1.807) is 0 Å². The second-order valence-corrected chi connectivity index (χ2v) is 22.3. The van der Waals surface area contributed by atoms with E-state index < -0.39 is 116 Å². The van der Waals surface area contributed by atoms with E-state index in [4.69, 9.17) is 36.9 Å². The number of ketones is 2. The van der Waals surface area contributed by atoms with E-state index in [9.17, 15) is 76.6 Å². The molecule has 2 N–H and O–H groups in total. The van der Waals surface area contributed by atoms with Gasteiger partial charge in [0.1, 0.15) is 49.2 Å². The Labute approximate surface area is 473 Å². The maximum absolute atomic E-state index is 14.2. The van der Waals surface area contributed by atoms with Crippen LogP contribution in [0.5, 0.6) is 0 Å². The van der Waals surface area contributed by atoms with Gasteiger partial charge in [-0.1, -0.05) is 71.7 Å². The van der Waals surface area contributed by atoms with Gasteiger partial charge in [-0.05, 0) is 83.9 Å². The third-order valence-corrected chi connectivity index (χ3v) is 14.5. The number of carbonyl (C=O) groups is 3. The molecule has 0 bridgehead atoms. The smallest absolute Gasteiger partial charge is 0.393 e. The number of aldehydes is 1. The molecule has 0 amide bonds. The third-order valence-electron chi connectivity index (χ3n) is 10.7. The Balaban J connectivity index is 0.000000262. The Bertz CT molecular complexity index is 3780. The normalized spacial score (nSPS) is 12.5. The van der Waals surface area contributed by atoms with Crippen molar-refractivity contribution < 1.29 is 140 Å². The van der Waals surface area contributed by atoms with E-state index in [0.717, 1.165) is 36.4 Å². The molecule has 1 atom stereocenters. The Morgan fingerprint density at radius 1 is 0.628 bits per heavy atom. The molecular formula is C47H30Cl2F8IN4NaO13S2. The average molecular weight is 1300 g/mol. The number of benzene rings is 6. The van der Waals surface area contributed by atoms with Crippen molar-refractivity contribution in [2.24, 2.45) is 0 Å². The van der Waals surface area contributed by atoms with Crippen molar-refractivity contribution in [3.63, 3.8) is 0 Å². The fourth-order valence-corrected chi connectivity index (χ4v) is 10.5. The zero-order valence-electron chi connectivity index (χ0n) is 39.0. The summed E-state index contributed by atoms with van der Waals surface area (Å²) >= 11 is 5.94. The van der Waals surface area contributed by atoms with Crippen LogP contribution in [-0.4, -0.2) is 69.9 Å². The Kier molecular flexibility index (Phi) is 20.4. The number of nitrogens with zero attached hydrogens (tertiary/aromatic N) is 4. The van der Waals surface area contributed by atoms with Crippen molar-refractivity contribution in [2.45, 2.75) is 41.1 Å². The standard InChI is InChI=1S/C24H17ClF4N2O5S.C23H13ClF4N2O4S.IO4.Na/c25-17-5-2-6-18(26)22(17)20(33)10-13-7-8-16-19(9-13)31(30-23(16)21(34)12-32)37(35,36)15-4-1-3-14(11-15)24(27,28)29;24-17-5-2-6-18(25)22(17)21(32)10-13-7-8-16-19(12-31)29-30(20(16)9-13)35(33,34)15-4-1-3-14(11-15)23(26,27)28;2-1(3,4)5;/h1-9,11,21,32,34H,10,12H2;1-9,11-12H,10H2;;/q;;-1;+1. The van der Waals surface area contributed by atoms with Crippen LogP contribution in [0.1, 0.15) is 65.3 Å². The van der Waals surface area contributed by atoms with Gasteiger partial charge in [0.25, 0.3) is 20.0 Å². The van der Waals surface area contributed by atoms with Crippen LogP contribution in [0.2, 0.25) is 10.0 Å². The van der Waals surface area contributed by atoms with Gasteiger partial charge in [-0.25, -0.2) is 8.78 Å². The van der Waals surface area contributed by atoms with E-state index in [1.165, 1.54) is 60.7 Å². The molecule has 0 saturated heterocycles. The quantitative estimate of drug-likeness (QED) is 0.0466. The van der Waals surface area contributed by atoms with E-state index in [-0.39, 0.29) is 101 Å². The molecule has 0 radical (unpaired) electrons. The van der Waals surface area contributed by atoms with Crippen LogP contribution in [0.15, 0.2) is 131 Å². The Morgan fingerprint density at radius 3 is 1.40 bits per heavy atom. The number of alkyl halides is 6. The molecule has 8 aromatic rings. The minimum atomic E-state index is -5.94. The number of aliphatic hydroxyl groups excluding tert-OH is 2. The van der Waals surface area contributed by atoms with Crippen LogP contribution in [0.3, 0.4) is 0 Å². The summed E-state index contributed by atoms with van der Waals surface area (Å²) in [5, 5.41) is 27.2. The monoisotopic (exact) mass is 1290 g/mol. The minimum absolute atomic E-state index is 0. The van der Waals surface area contributed by atoms with Crippen molar-refractivity contribution in [2.75, 3.05) is 6.61 Å². The van der Waals surface area contributed by atoms with Gasteiger partial charge in [0.05, 0.1) is 59.7 Å². The largest absolute Gasteiger partial charge is 1.00 e. The van der Waals surface area contributed by atoms with Crippen molar-refractivity contribution in [3.8, 4) is 0 Å². The van der Waals surface area contributed by atoms with Crippen LogP contribution >= 0.6 is 23.2 Å². The van der Waals surface area contributed by atoms with Crippen molar-refractivity contribution >= 4 is 82.9 Å². The molecule has 6 aromatic carbocycles. The molecular weight excluding hydrogens is 1270 g/mol. The second kappa shape index (κ2) is 25.0. The van der Waals surface area contributed by atoms with Crippen molar-refractivity contribution in [1.82, 2.24) is 18.4 Å². The summed E-state index contributed by atoms with van der Waals surface area (Å²) < 4.78 is 196. The van der Waals surface area contributed by atoms with E-state index in [1.807, 2.05) is 0 Å². The van der Waals surface area contributed by atoms with Gasteiger partial charge in [-0.2, -0.15) is 61.5 Å². The van der Waals surface area contributed by atoms with Crippen molar-refractivity contribution in [3.05, 3.63) is 188 Å². The summed E-state index contributed by atoms with van der Waals surface area (Å²) in [4.78, 5) is 35.5. The maximum Gasteiger partial charge on any atom is 1.00 e. The average Bonchev–Trinajstić information content (AvgIpc) is 4.00. The van der Waals surface area contributed by atoms with Crippen LogP contribution in [-0.2, 0) is 45.2 Å². The first-order valence-electron chi connectivity index (χ1n) is 21.0. The fourth-order valence-electron chi connectivity index (χ4n) is 7.26. The van der Waals surface area contributed by atoms with E-state index in [0.29, 0.717) is 38.7 Å². The van der Waals surface area contributed by atoms with Gasteiger partial charge in [0, 0.05) is 23.6 Å². The second-order valence-electron chi connectivity index (χ2n) is 15.8. The first-order valence-corrected chi connectivity index (χ1v) is 28.1. The van der Waals surface area contributed by atoms with Gasteiger partial charge in [-0.15, -0.1) is 0 Å². The van der Waals surface area contributed by atoms with E-state index in [2.05, 4.69) is 10.2 Å². The van der Waals surface area contributed by atoms with Gasteiger partial charge >= 0.3 is 41.9 Å². The molecule has 2 aromatic heterocycles. The van der Waals surface area contributed by atoms with Crippen LogP contribution < -0.4 is 63.4 Å². The SMILES string of the molecule is O=C(Cc1ccc2c(C(O)CO)nn(S(=O)(=O)c3cccc(C(F)(F)F)c3)c2c1)c1c(F)cccc1Cl.O=Cc1nn(S(=O)(=O)c2cccc(C(F)(F)F)c2)c2cc(CC(=O)c3c(F)cccc3Cl)ccc12.[Na+].[O-][I+3]([O-])([O-])[O-]. The third kappa shape index (κ3) is 14.7. The van der Waals surface area contributed by atoms with Gasteiger partial charge < -0.3 is 10.2 Å². The molecule has 2 heterocycles. The molecule has 0 aliphatic heterocycles. The number of rotatable bonds is 13. The molecule has 8 rings (SSSR count). The van der Waals surface area contributed by atoms with Crippen LogP contribution in [0.4, 0.5) is 35.1 Å². The Hall–Kier alpha value is -5.32. The number of hydrogen-bond acceptors (Lipinski definition) is 15. The van der Waals surface area contributed by atoms with Gasteiger partial charge in [-0.3, -0.25) is 28.1 Å². The molecule has 0 fully saturated rings. The number of Topliss-reactive ketones (excluding diaryl/α,β-unsaturated/α-hetero) is 2. The van der Waals surface area contributed by atoms with Crippen LogP contribution in [0, 0.1) is 11.6 Å². The molecule has 31 heteroatoms. The number of aromatic nitrogens is 4.